The Kier molecular flexibility index (Phi) is 5.38. The molecule has 0 bridgehead atoms. The fraction of sp³-hybridized carbons (Fsp3) is 0.136. The van der Waals surface area contributed by atoms with Crippen LogP contribution in [0.1, 0.15) is 11.3 Å². The SMILES string of the molecule is COc1ccc(-c2cc(CNC(=O)/C=C/c3ccc4c(c3)OCO4)ncn2)cc1. The summed E-state index contributed by atoms with van der Waals surface area (Å²) in [7, 11) is 1.63. The molecule has 2 aromatic carbocycles. The largest absolute Gasteiger partial charge is 0.497 e. The zero-order valence-electron chi connectivity index (χ0n) is 15.8. The monoisotopic (exact) mass is 389 g/mol. The van der Waals surface area contributed by atoms with Crippen molar-refractivity contribution in [1.29, 1.82) is 0 Å². The van der Waals surface area contributed by atoms with Crippen LogP contribution in [0.5, 0.6) is 17.2 Å². The van der Waals surface area contributed by atoms with E-state index < -0.39 is 0 Å². The van der Waals surface area contributed by atoms with Gasteiger partial charge in [0.2, 0.25) is 12.7 Å². The van der Waals surface area contributed by atoms with E-state index in [1.165, 1.54) is 12.4 Å². The van der Waals surface area contributed by atoms with Crippen LogP contribution in [0.3, 0.4) is 0 Å². The van der Waals surface area contributed by atoms with Gasteiger partial charge < -0.3 is 19.5 Å². The highest BCUT2D eigenvalue weighted by atomic mass is 16.7. The van der Waals surface area contributed by atoms with Crippen LogP contribution in [0.2, 0.25) is 0 Å². The maximum atomic E-state index is 12.1. The minimum Gasteiger partial charge on any atom is -0.497 e. The van der Waals surface area contributed by atoms with Crippen LogP contribution in [-0.4, -0.2) is 29.8 Å². The number of aromatic nitrogens is 2. The number of nitrogens with one attached hydrogen (secondary N) is 1. The number of methoxy groups -OCH3 is 1. The topological polar surface area (TPSA) is 82.6 Å². The second kappa shape index (κ2) is 8.43. The van der Waals surface area contributed by atoms with Crippen LogP contribution in [-0.2, 0) is 11.3 Å². The first kappa shape index (κ1) is 18.5. The third kappa shape index (κ3) is 4.52. The number of amides is 1. The molecule has 3 aromatic rings. The molecule has 0 saturated carbocycles. The Balaban J connectivity index is 1.36. The lowest BCUT2D eigenvalue weighted by Gasteiger charge is -2.06. The van der Waals surface area contributed by atoms with Crippen molar-refractivity contribution < 1.29 is 19.0 Å². The van der Waals surface area contributed by atoms with Crippen LogP contribution in [0.25, 0.3) is 17.3 Å². The summed E-state index contributed by atoms with van der Waals surface area (Å²) in [5, 5.41) is 2.83. The Morgan fingerprint density at radius 1 is 1.10 bits per heavy atom. The van der Waals surface area contributed by atoms with Gasteiger partial charge in [-0.2, -0.15) is 0 Å². The molecule has 29 heavy (non-hydrogen) atoms. The predicted octanol–water partition coefficient (Wildman–Crippen LogP) is 3.21. The minimum absolute atomic E-state index is 0.215. The van der Waals surface area contributed by atoms with Gasteiger partial charge >= 0.3 is 0 Å². The fourth-order valence-corrected chi connectivity index (χ4v) is 2.84. The molecule has 1 aliphatic rings. The van der Waals surface area contributed by atoms with Gasteiger partial charge in [0.05, 0.1) is 25.0 Å². The summed E-state index contributed by atoms with van der Waals surface area (Å²) in [6, 6.07) is 15.0. The molecule has 1 amide bonds. The average Bonchev–Trinajstić information content (AvgIpc) is 3.24. The predicted molar refractivity (Wildman–Crippen MR) is 107 cm³/mol. The summed E-state index contributed by atoms with van der Waals surface area (Å²) >= 11 is 0. The maximum absolute atomic E-state index is 12.1. The van der Waals surface area contributed by atoms with E-state index in [2.05, 4.69) is 15.3 Å². The quantitative estimate of drug-likeness (QED) is 0.652. The van der Waals surface area contributed by atoms with Gasteiger partial charge in [-0.05, 0) is 54.1 Å². The van der Waals surface area contributed by atoms with E-state index in [0.29, 0.717) is 18.0 Å². The molecule has 0 spiro atoms. The normalized spacial score (nSPS) is 12.2. The molecule has 1 aromatic heterocycles. The number of rotatable bonds is 6. The van der Waals surface area contributed by atoms with E-state index in [9.17, 15) is 4.79 Å². The van der Waals surface area contributed by atoms with Crippen LogP contribution >= 0.6 is 0 Å². The molecule has 0 atom stereocenters. The molecule has 7 nitrogen and oxygen atoms in total. The summed E-state index contributed by atoms with van der Waals surface area (Å²) in [6.07, 6.45) is 4.69. The first-order valence-corrected chi connectivity index (χ1v) is 9.02. The molecule has 0 radical (unpaired) electrons. The Hall–Kier alpha value is -3.87. The average molecular weight is 389 g/mol. The number of ether oxygens (including phenoxy) is 3. The van der Waals surface area contributed by atoms with Gasteiger partial charge in [0, 0.05) is 11.6 Å². The Labute approximate surface area is 168 Å². The molecule has 1 aliphatic heterocycles. The Bertz CT molecular complexity index is 1050. The zero-order valence-corrected chi connectivity index (χ0v) is 15.8. The smallest absolute Gasteiger partial charge is 0.244 e. The minimum atomic E-state index is -0.215. The van der Waals surface area contributed by atoms with Crippen molar-refractivity contribution in [1.82, 2.24) is 15.3 Å². The number of carbonyl (C=O) groups excluding carboxylic acids is 1. The standard InChI is InChI=1S/C22H19N3O4/c1-27-18-6-4-16(5-7-18)19-11-17(24-13-25-19)12-23-22(26)9-3-15-2-8-20-21(10-15)29-14-28-20/h2-11,13H,12,14H2,1H3,(H,23,26)/b9-3+. The van der Waals surface area contributed by atoms with Gasteiger partial charge in [0.25, 0.3) is 0 Å². The summed E-state index contributed by atoms with van der Waals surface area (Å²) in [4.78, 5) is 20.7. The number of nitrogens with zero attached hydrogens (tertiary/aromatic N) is 2. The van der Waals surface area contributed by atoms with Crippen molar-refractivity contribution in [2.75, 3.05) is 13.9 Å². The van der Waals surface area contributed by atoms with Crippen LogP contribution in [0, 0.1) is 0 Å². The number of carbonyl (C=O) groups is 1. The van der Waals surface area contributed by atoms with Crippen molar-refractivity contribution in [3.63, 3.8) is 0 Å². The molecular weight excluding hydrogens is 370 g/mol. The molecule has 0 unspecified atom stereocenters. The number of benzene rings is 2. The Morgan fingerprint density at radius 3 is 2.76 bits per heavy atom. The van der Waals surface area contributed by atoms with Crippen LogP contribution in [0.4, 0.5) is 0 Å². The lowest BCUT2D eigenvalue weighted by atomic mass is 10.1. The van der Waals surface area contributed by atoms with Gasteiger partial charge in [0.1, 0.15) is 12.1 Å². The van der Waals surface area contributed by atoms with E-state index in [1.807, 2.05) is 48.5 Å². The third-order valence-electron chi connectivity index (χ3n) is 4.38. The van der Waals surface area contributed by atoms with Crippen LogP contribution in [0.15, 0.2) is 60.9 Å². The molecule has 0 saturated heterocycles. The van der Waals surface area contributed by atoms with Gasteiger partial charge in [0.15, 0.2) is 11.5 Å². The van der Waals surface area contributed by atoms with E-state index in [0.717, 1.165) is 28.3 Å². The molecule has 1 N–H and O–H groups in total. The van der Waals surface area contributed by atoms with Crippen LogP contribution < -0.4 is 19.5 Å². The van der Waals surface area contributed by atoms with E-state index >= 15 is 0 Å². The van der Waals surface area contributed by atoms with E-state index in [4.69, 9.17) is 14.2 Å². The number of hydrogen-bond acceptors (Lipinski definition) is 6. The van der Waals surface area contributed by atoms with Gasteiger partial charge in [-0.25, -0.2) is 9.97 Å². The highest BCUT2D eigenvalue weighted by Gasteiger charge is 2.12. The number of hydrogen-bond donors (Lipinski definition) is 1. The summed E-state index contributed by atoms with van der Waals surface area (Å²) in [6.45, 7) is 0.524. The highest BCUT2D eigenvalue weighted by Crippen LogP contribution is 2.32. The van der Waals surface area contributed by atoms with Gasteiger partial charge in [-0.3, -0.25) is 4.79 Å². The lowest BCUT2D eigenvalue weighted by Crippen LogP contribution is -2.20. The van der Waals surface area contributed by atoms with Crippen molar-refractivity contribution in [3.8, 4) is 28.5 Å². The van der Waals surface area contributed by atoms with Crippen molar-refractivity contribution in [3.05, 3.63) is 72.2 Å². The van der Waals surface area contributed by atoms with Crippen molar-refractivity contribution in [2.24, 2.45) is 0 Å². The molecule has 0 fully saturated rings. The fourth-order valence-electron chi connectivity index (χ4n) is 2.84. The van der Waals surface area contributed by atoms with Gasteiger partial charge in [-0.15, -0.1) is 0 Å². The second-order valence-corrected chi connectivity index (χ2v) is 6.29. The second-order valence-electron chi connectivity index (χ2n) is 6.29. The molecule has 2 heterocycles. The summed E-state index contributed by atoms with van der Waals surface area (Å²) < 4.78 is 15.8. The third-order valence-corrected chi connectivity index (χ3v) is 4.38. The molecule has 4 rings (SSSR count). The van der Waals surface area contributed by atoms with Crippen molar-refractivity contribution >= 4 is 12.0 Å². The van der Waals surface area contributed by atoms with Gasteiger partial charge in [-0.1, -0.05) is 6.07 Å². The summed E-state index contributed by atoms with van der Waals surface area (Å²) in [5.41, 5.74) is 3.30. The van der Waals surface area contributed by atoms with Crippen molar-refractivity contribution in [2.45, 2.75) is 6.54 Å². The first-order valence-electron chi connectivity index (χ1n) is 9.02. The molecule has 146 valence electrons. The maximum Gasteiger partial charge on any atom is 0.244 e. The van der Waals surface area contributed by atoms with E-state index in [1.54, 1.807) is 13.2 Å². The summed E-state index contributed by atoms with van der Waals surface area (Å²) in [5.74, 6) is 1.96. The Morgan fingerprint density at radius 2 is 1.93 bits per heavy atom. The first-order chi connectivity index (χ1) is 14.2. The zero-order chi connectivity index (χ0) is 20.1. The van der Waals surface area contributed by atoms with E-state index in [-0.39, 0.29) is 12.7 Å². The number of fused-ring (bicyclic) bond motifs is 1. The molecule has 7 heteroatoms. The molecule has 0 aliphatic carbocycles. The molecular formula is C22H19N3O4. The lowest BCUT2D eigenvalue weighted by molar-refractivity contribution is -0.116. The highest BCUT2D eigenvalue weighted by molar-refractivity contribution is 5.91.